The van der Waals surface area contributed by atoms with Crippen molar-refractivity contribution in [2.45, 2.75) is 26.3 Å². The zero-order chi connectivity index (χ0) is 21.2. The maximum Gasteiger partial charge on any atom is 0.310 e. The molecule has 0 saturated carbocycles. The van der Waals surface area contributed by atoms with Gasteiger partial charge in [0.15, 0.2) is 12.6 Å². The van der Waals surface area contributed by atoms with Gasteiger partial charge in [0.2, 0.25) is 0 Å². The van der Waals surface area contributed by atoms with Crippen LogP contribution in [-0.2, 0) is 20.9 Å². The first-order valence-corrected chi connectivity index (χ1v) is 9.98. The summed E-state index contributed by atoms with van der Waals surface area (Å²) < 4.78 is 10.7. The van der Waals surface area contributed by atoms with Crippen LogP contribution in [0.25, 0.3) is 0 Å². The fourth-order valence-corrected chi connectivity index (χ4v) is 3.15. The van der Waals surface area contributed by atoms with Crippen LogP contribution in [0.5, 0.6) is 5.75 Å². The van der Waals surface area contributed by atoms with Crippen molar-refractivity contribution in [3.05, 3.63) is 29.8 Å². The average molecular weight is 532 g/mol. The van der Waals surface area contributed by atoms with E-state index in [2.05, 4.69) is 15.2 Å². The molecular weight excluding hydrogens is 499 g/mol. The molecule has 1 aliphatic heterocycles. The Bertz CT molecular complexity index is 727. The van der Waals surface area contributed by atoms with Crippen molar-refractivity contribution in [1.29, 1.82) is 0 Å². The topological polar surface area (TPSA) is 83.5 Å². The highest BCUT2D eigenvalue weighted by Crippen LogP contribution is 2.18. The van der Waals surface area contributed by atoms with Gasteiger partial charge in [0.25, 0.3) is 5.91 Å². The van der Waals surface area contributed by atoms with E-state index in [1.165, 1.54) is 4.90 Å². The lowest BCUT2D eigenvalue weighted by molar-refractivity contribution is -0.149. The molecule has 1 saturated heterocycles. The van der Waals surface area contributed by atoms with Crippen molar-refractivity contribution in [3.8, 4) is 5.75 Å². The van der Waals surface area contributed by atoms with Crippen molar-refractivity contribution in [3.63, 3.8) is 0 Å². The molecule has 1 heterocycles. The van der Waals surface area contributed by atoms with E-state index in [0.717, 1.165) is 30.9 Å². The Hall–Kier alpha value is -2.04. The number of carbonyl (C=O) groups is 2. The van der Waals surface area contributed by atoms with Crippen LogP contribution in [0.1, 0.15) is 25.3 Å². The molecule has 8 nitrogen and oxygen atoms in total. The smallest absolute Gasteiger partial charge is 0.310 e. The molecule has 1 aromatic carbocycles. The first-order chi connectivity index (χ1) is 13.9. The number of nitrogens with zero attached hydrogens (tertiary/aromatic N) is 3. The van der Waals surface area contributed by atoms with E-state index < -0.39 is 0 Å². The van der Waals surface area contributed by atoms with Crippen LogP contribution in [0.2, 0.25) is 0 Å². The van der Waals surface area contributed by atoms with E-state index in [9.17, 15) is 9.59 Å². The molecule has 1 aliphatic rings. The van der Waals surface area contributed by atoms with Crippen LogP contribution < -0.4 is 10.1 Å². The number of esters is 1. The van der Waals surface area contributed by atoms with Crippen molar-refractivity contribution >= 4 is 41.8 Å². The molecule has 0 aromatic heterocycles. The van der Waals surface area contributed by atoms with Crippen molar-refractivity contribution in [1.82, 2.24) is 15.1 Å². The van der Waals surface area contributed by atoms with E-state index in [1.54, 1.807) is 21.1 Å². The zero-order valence-electron chi connectivity index (χ0n) is 18.2. The highest BCUT2D eigenvalue weighted by Gasteiger charge is 2.28. The number of likely N-dealkylation sites (N-methyl/N-ethyl adjacent to an activating group) is 1. The molecule has 2 rings (SSSR count). The summed E-state index contributed by atoms with van der Waals surface area (Å²) >= 11 is 0. The normalized spacial score (nSPS) is 16.3. The molecule has 1 unspecified atom stereocenters. The predicted molar refractivity (Wildman–Crippen MR) is 127 cm³/mol. The molecule has 1 amide bonds. The largest absolute Gasteiger partial charge is 0.484 e. The number of halogens is 1. The second-order valence-electron chi connectivity index (χ2n) is 7.16. The molecule has 1 aromatic rings. The maximum atomic E-state index is 12.1. The summed E-state index contributed by atoms with van der Waals surface area (Å²) in [6.45, 7) is 4.26. The number of guanidine groups is 1. The van der Waals surface area contributed by atoms with Gasteiger partial charge in [0.05, 0.1) is 12.5 Å². The monoisotopic (exact) mass is 532 g/mol. The van der Waals surface area contributed by atoms with Crippen LogP contribution in [0, 0.1) is 5.92 Å². The van der Waals surface area contributed by atoms with Gasteiger partial charge in [-0.2, -0.15) is 0 Å². The van der Waals surface area contributed by atoms with Crippen LogP contribution >= 0.6 is 24.0 Å². The number of nitrogens with one attached hydrogen (secondary N) is 1. The number of ether oxygens (including phenoxy) is 2. The highest BCUT2D eigenvalue weighted by molar-refractivity contribution is 14.0. The minimum absolute atomic E-state index is 0. The fourth-order valence-electron chi connectivity index (χ4n) is 3.15. The fraction of sp³-hybridized carbons (Fsp3) is 0.571. The minimum Gasteiger partial charge on any atom is -0.484 e. The van der Waals surface area contributed by atoms with Gasteiger partial charge in [0, 0.05) is 40.8 Å². The summed E-state index contributed by atoms with van der Waals surface area (Å²) in [7, 11) is 5.14. The van der Waals surface area contributed by atoms with Gasteiger partial charge in [-0.15, -0.1) is 24.0 Å². The molecule has 0 aliphatic carbocycles. The number of hydrogen-bond donors (Lipinski definition) is 1. The van der Waals surface area contributed by atoms with E-state index >= 15 is 0 Å². The van der Waals surface area contributed by atoms with Gasteiger partial charge in [-0.3, -0.25) is 14.6 Å². The summed E-state index contributed by atoms with van der Waals surface area (Å²) in [5.41, 5.74) is 1.01. The molecule has 0 spiro atoms. The Morgan fingerprint density at radius 1 is 1.33 bits per heavy atom. The SMILES string of the molecule is CCOC(=O)C1CCCN(C(=NC)NCc2cccc(OCC(=O)N(C)C)c2)C1.I. The van der Waals surface area contributed by atoms with Gasteiger partial charge in [-0.25, -0.2) is 0 Å². The first kappa shape index (κ1) is 26.0. The number of amides is 1. The Morgan fingerprint density at radius 3 is 2.77 bits per heavy atom. The van der Waals surface area contributed by atoms with Gasteiger partial charge in [-0.1, -0.05) is 12.1 Å². The molecule has 0 radical (unpaired) electrons. The summed E-state index contributed by atoms with van der Waals surface area (Å²) in [4.78, 5) is 31.7. The quantitative estimate of drug-likeness (QED) is 0.251. The number of benzene rings is 1. The first-order valence-electron chi connectivity index (χ1n) is 9.98. The minimum atomic E-state index is -0.134. The molecule has 168 valence electrons. The Morgan fingerprint density at radius 2 is 2.10 bits per heavy atom. The maximum absolute atomic E-state index is 12.1. The van der Waals surface area contributed by atoms with Crippen molar-refractivity contribution in [2.24, 2.45) is 10.9 Å². The third kappa shape index (κ3) is 8.00. The van der Waals surface area contributed by atoms with Crippen molar-refractivity contribution < 1.29 is 19.1 Å². The average Bonchev–Trinajstić information content (AvgIpc) is 2.73. The van der Waals surface area contributed by atoms with Gasteiger partial charge in [-0.05, 0) is 37.5 Å². The summed E-state index contributed by atoms with van der Waals surface area (Å²) in [5, 5.41) is 3.35. The van der Waals surface area contributed by atoms with Crippen molar-refractivity contribution in [2.75, 3.05) is 47.4 Å². The Kier molecular flexibility index (Phi) is 11.5. The second-order valence-corrected chi connectivity index (χ2v) is 7.16. The molecule has 1 fully saturated rings. The third-order valence-corrected chi connectivity index (χ3v) is 4.76. The number of rotatable bonds is 7. The van der Waals surface area contributed by atoms with E-state index in [0.29, 0.717) is 25.4 Å². The van der Waals surface area contributed by atoms with E-state index in [1.807, 2.05) is 31.2 Å². The summed E-state index contributed by atoms with van der Waals surface area (Å²) in [6.07, 6.45) is 1.77. The van der Waals surface area contributed by atoms with E-state index in [4.69, 9.17) is 9.47 Å². The molecular formula is C21H33IN4O4. The van der Waals surface area contributed by atoms with Crippen LogP contribution in [0.4, 0.5) is 0 Å². The van der Waals surface area contributed by atoms with E-state index in [-0.39, 0.29) is 48.4 Å². The predicted octanol–water partition coefficient (Wildman–Crippen LogP) is 2.12. The zero-order valence-corrected chi connectivity index (χ0v) is 20.5. The van der Waals surface area contributed by atoms with Crippen LogP contribution in [-0.4, -0.2) is 75.1 Å². The number of piperidine rings is 1. The summed E-state index contributed by atoms with van der Waals surface area (Å²) in [6, 6.07) is 7.61. The van der Waals surface area contributed by atoms with Crippen LogP contribution in [0.15, 0.2) is 29.3 Å². The van der Waals surface area contributed by atoms with Gasteiger partial charge < -0.3 is 24.6 Å². The molecule has 0 bridgehead atoms. The van der Waals surface area contributed by atoms with Gasteiger partial charge in [0.1, 0.15) is 5.75 Å². The molecule has 30 heavy (non-hydrogen) atoms. The lowest BCUT2D eigenvalue weighted by Gasteiger charge is -2.34. The lowest BCUT2D eigenvalue weighted by Crippen LogP contribution is -2.48. The molecule has 1 N–H and O–H groups in total. The number of hydrogen-bond acceptors (Lipinski definition) is 5. The molecule has 9 heteroatoms. The van der Waals surface area contributed by atoms with Gasteiger partial charge >= 0.3 is 5.97 Å². The summed E-state index contributed by atoms with van der Waals surface area (Å²) in [5.74, 6) is 1.07. The standard InChI is InChI=1S/C21H32N4O4.HI/c1-5-28-20(27)17-9-7-11-25(14-17)21(22-2)23-13-16-8-6-10-18(12-16)29-15-19(26)24(3)4;/h6,8,10,12,17H,5,7,9,11,13-15H2,1-4H3,(H,22,23);1H. The Labute approximate surface area is 196 Å². The second kappa shape index (κ2) is 13.3. The number of carbonyl (C=O) groups excluding carboxylic acids is 2. The molecule has 1 atom stereocenters. The number of likely N-dealkylation sites (tertiary alicyclic amines) is 1. The third-order valence-electron chi connectivity index (χ3n) is 4.76. The highest BCUT2D eigenvalue weighted by atomic mass is 127. The van der Waals surface area contributed by atoms with Crippen LogP contribution in [0.3, 0.4) is 0 Å². The Balaban J connectivity index is 0.00000450. The lowest BCUT2D eigenvalue weighted by atomic mass is 9.98. The number of aliphatic imine (C=N–C) groups is 1.